The van der Waals surface area contributed by atoms with Crippen molar-refractivity contribution < 1.29 is 0 Å². The van der Waals surface area contributed by atoms with Crippen LogP contribution in [0.2, 0.25) is 0 Å². The molecule has 1 heteroatoms. The maximum absolute atomic E-state index is 2.51. The van der Waals surface area contributed by atoms with Crippen molar-refractivity contribution in [3.05, 3.63) is 271 Å². The molecule has 10 aromatic carbocycles. The van der Waals surface area contributed by atoms with Gasteiger partial charge in [0.2, 0.25) is 0 Å². The summed E-state index contributed by atoms with van der Waals surface area (Å²) >= 11 is 0. The summed E-state index contributed by atoms with van der Waals surface area (Å²) in [5.41, 5.74) is 17.5. The topological polar surface area (TPSA) is 3.24 Å². The van der Waals surface area contributed by atoms with Crippen molar-refractivity contribution in [1.29, 1.82) is 0 Å². The predicted octanol–water partition coefficient (Wildman–Crippen LogP) is 15.7. The van der Waals surface area contributed by atoms with Gasteiger partial charge in [-0.05, 0) is 103 Å². The first kappa shape index (κ1) is 35.4. The third kappa shape index (κ3) is 5.78. The minimum atomic E-state index is -0.560. The van der Waals surface area contributed by atoms with Gasteiger partial charge >= 0.3 is 0 Å². The van der Waals surface area contributed by atoms with Gasteiger partial charge in [0.15, 0.2) is 0 Å². The Labute approximate surface area is 352 Å². The van der Waals surface area contributed by atoms with Crippen molar-refractivity contribution in [2.24, 2.45) is 0 Å². The van der Waals surface area contributed by atoms with E-state index in [1.54, 1.807) is 0 Å². The van der Waals surface area contributed by atoms with Crippen molar-refractivity contribution >= 4 is 27.8 Å². The van der Waals surface area contributed by atoms with E-state index in [1.165, 1.54) is 72.0 Å². The molecule has 11 rings (SSSR count). The molecule has 1 aliphatic rings. The van der Waals surface area contributed by atoms with E-state index < -0.39 is 5.41 Å². The Hall–Kier alpha value is -7.74. The fourth-order valence-corrected chi connectivity index (χ4v) is 9.71. The Balaban J connectivity index is 1.23. The van der Waals surface area contributed by atoms with Crippen molar-refractivity contribution in [2.75, 3.05) is 4.90 Å². The van der Waals surface area contributed by atoms with Gasteiger partial charge in [-0.1, -0.05) is 212 Å². The molecule has 0 unspecified atom stereocenters. The first-order valence-electron chi connectivity index (χ1n) is 20.8. The normalized spacial score (nSPS) is 12.5. The number of anilines is 3. The average molecular weight is 764 g/mol. The second kappa shape index (κ2) is 14.9. The smallest absolute Gasteiger partial charge is 0.0714 e. The van der Waals surface area contributed by atoms with Crippen molar-refractivity contribution in [3.63, 3.8) is 0 Å². The van der Waals surface area contributed by atoms with Gasteiger partial charge in [0.05, 0.1) is 16.8 Å². The zero-order valence-corrected chi connectivity index (χ0v) is 33.1. The molecule has 0 aromatic heterocycles. The molecule has 60 heavy (non-hydrogen) atoms. The number of nitrogens with zero attached hydrogens (tertiary/aromatic N) is 1. The van der Waals surface area contributed by atoms with Gasteiger partial charge in [-0.25, -0.2) is 0 Å². The van der Waals surface area contributed by atoms with Gasteiger partial charge < -0.3 is 4.90 Å². The number of hydrogen-bond acceptors (Lipinski definition) is 1. The standard InChI is InChI=1S/C59H41N/c1-5-20-42(21-6-1)43-36-38-49(39-37-43)60(56-34-18-17-32-52(56)51-31-16-15-30-50(51)44-22-7-2-8-23-44)57-35-19-33-54-58(57)53-40-45-24-13-14-25-46(45)41-55(53)59(54,47-26-9-3-10-27-47)48-28-11-4-12-29-48/h1-41H. The van der Waals surface area contributed by atoms with Crippen LogP contribution < -0.4 is 4.90 Å². The molecule has 0 saturated heterocycles. The monoisotopic (exact) mass is 763 g/mol. The second-order valence-electron chi connectivity index (χ2n) is 15.6. The Morgan fingerprint density at radius 3 is 1.42 bits per heavy atom. The maximum Gasteiger partial charge on any atom is 0.0714 e. The highest BCUT2D eigenvalue weighted by Crippen LogP contribution is 2.60. The van der Waals surface area contributed by atoms with Crippen LogP contribution in [0.4, 0.5) is 17.1 Å². The molecule has 0 bridgehead atoms. The summed E-state index contributed by atoms with van der Waals surface area (Å²) in [6.45, 7) is 0. The summed E-state index contributed by atoms with van der Waals surface area (Å²) in [5, 5.41) is 2.46. The fourth-order valence-electron chi connectivity index (χ4n) is 9.71. The highest BCUT2D eigenvalue weighted by molar-refractivity contribution is 6.03. The lowest BCUT2D eigenvalue weighted by Gasteiger charge is -2.35. The number of para-hydroxylation sites is 1. The molecule has 0 fully saturated rings. The van der Waals surface area contributed by atoms with E-state index in [-0.39, 0.29) is 0 Å². The number of hydrogen-bond donors (Lipinski definition) is 0. The summed E-state index contributed by atoms with van der Waals surface area (Å²) in [6.07, 6.45) is 0. The van der Waals surface area contributed by atoms with Crippen LogP contribution in [0.3, 0.4) is 0 Å². The molecule has 0 radical (unpaired) electrons. The van der Waals surface area contributed by atoms with Crippen LogP contribution in [0.5, 0.6) is 0 Å². The molecule has 0 heterocycles. The van der Waals surface area contributed by atoms with Crippen molar-refractivity contribution in [3.8, 4) is 44.5 Å². The summed E-state index contributed by atoms with van der Waals surface area (Å²) in [5.74, 6) is 0. The zero-order chi connectivity index (χ0) is 39.9. The first-order valence-corrected chi connectivity index (χ1v) is 20.8. The van der Waals surface area contributed by atoms with Crippen LogP contribution in [-0.2, 0) is 5.41 Å². The number of benzene rings is 10. The first-order chi connectivity index (χ1) is 29.8. The lowest BCUT2D eigenvalue weighted by molar-refractivity contribution is 0.769. The van der Waals surface area contributed by atoms with Gasteiger partial charge in [0, 0.05) is 16.8 Å². The van der Waals surface area contributed by atoms with E-state index in [4.69, 9.17) is 0 Å². The predicted molar refractivity (Wildman–Crippen MR) is 252 cm³/mol. The minimum Gasteiger partial charge on any atom is -0.309 e. The Morgan fingerprint density at radius 2 is 0.767 bits per heavy atom. The van der Waals surface area contributed by atoms with E-state index >= 15 is 0 Å². The van der Waals surface area contributed by atoms with E-state index in [2.05, 4.69) is 254 Å². The minimum absolute atomic E-state index is 0.560. The van der Waals surface area contributed by atoms with Gasteiger partial charge in [0.25, 0.3) is 0 Å². The van der Waals surface area contributed by atoms with Crippen LogP contribution in [0.25, 0.3) is 55.3 Å². The summed E-state index contributed by atoms with van der Waals surface area (Å²) in [6, 6.07) is 91.2. The molecular weight excluding hydrogens is 723 g/mol. The van der Waals surface area contributed by atoms with E-state index in [1.807, 2.05) is 0 Å². The second-order valence-corrected chi connectivity index (χ2v) is 15.6. The quantitative estimate of drug-likeness (QED) is 0.149. The Kier molecular flexibility index (Phi) is 8.79. The van der Waals surface area contributed by atoms with Gasteiger partial charge in [-0.2, -0.15) is 0 Å². The molecule has 282 valence electrons. The molecule has 0 spiro atoms. The Morgan fingerprint density at radius 1 is 0.283 bits per heavy atom. The lowest BCUT2D eigenvalue weighted by Crippen LogP contribution is -2.28. The van der Waals surface area contributed by atoms with Crippen LogP contribution in [-0.4, -0.2) is 0 Å². The summed E-state index contributed by atoms with van der Waals surface area (Å²) in [7, 11) is 0. The van der Waals surface area contributed by atoms with Crippen LogP contribution in [0, 0.1) is 0 Å². The molecule has 0 atom stereocenters. The third-order valence-corrected chi connectivity index (χ3v) is 12.3. The number of fused-ring (bicyclic) bond motifs is 4. The van der Waals surface area contributed by atoms with E-state index in [9.17, 15) is 0 Å². The van der Waals surface area contributed by atoms with Crippen molar-refractivity contribution in [1.82, 2.24) is 0 Å². The third-order valence-electron chi connectivity index (χ3n) is 12.3. The van der Waals surface area contributed by atoms with E-state index in [0.29, 0.717) is 0 Å². The SMILES string of the molecule is c1ccc(-c2ccc(N(c3ccccc3-c3ccccc3-c3ccccc3)c3cccc4c3-c3cc5ccccc5cc3C4(c3ccccc3)c3ccccc3)cc2)cc1. The van der Waals surface area contributed by atoms with Crippen LogP contribution in [0.1, 0.15) is 22.3 Å². The zero-order valence-electron chi connectivity index (χ0n) is 33.1. The van der Waals surface area contributed by atoms with Gasteiger partial charge in [0.1, 0.15) is 0 Å². The summed E-state index contributed by atoms with van der Waals surface area (Å²) < 4.78 is 0. The maximum atomic E-state index is 2.51. The fraction of sp³-hybridized carbons (Fsp3) is 0.0169. The number of rotatable bonds is 8. The highest BCUT2D eigenvalue weighted by atomic mass is 15.1. The van der Waals surface area contributed by atoms with Gasteiger partial charge in [-0.3, -0.25) is 0 Å². The lowest BCUT2D eigenvalue weighted by atomic mass is 9.67. The molecule has 0 amide bonds. The molecule has 1 aliphatic carbocycles. The molecule has 0 aliphatic heterocycles. The van der Waals surface area contributed by atoms with Gasteiger partial charge in [-0.15, -0.1) is 0 Å². The molecule has 0 N–H and O–H groups in total. The molecule has 10 aromatic rings. The average Bonchev–Trinajstić information content (AvgIpc) is 3.63. The van der Waals surface area contributed by atoms with E-state index in [0.717, 1.165) is 22.6 Å². The Bertz CT molecular complexity index is 3080. The van der Waals surface area contributed by atoms with Crippen molar-refractivity contribution in [2.45, 2.75) is 5.41 Å². The summed E-state index contributed by atoms with van der Waals surface area (Å²) in [4.78, 5) is 2.51. The van der Waals surface area contributed by atoms with Crippen LogP contribution in [0.15, 0.2) is 249 Å². The largest absolute Gasteiger partial charge is 0.309 e. The highest BCUT2D eigenvalue weighted by Gasteiger charge is 2.47. The molecular formula is C59H41N. The molecule has 0 saturated carbocycles. The molecule has 1 nitrogen and oxygen atoms in total. The van der Waals surface area contributed by atoms with Crippen LogP contribution >= 0.6 is 0 Å².